The van der Waals surface area contributed by atoms with Gasteiger partial charge in [0.25, 0.3) is 0 Å². The van der Waals surface area contributed by atoms with Gasteiger partial charge in [0, 0.05) is 32.9 Å². The number of hydrogen-bond donors (Lipinski definition) is 3. The average molecular weight is 307 g/mol. The number of aliphatic hydroxyl groups excluding tert-OH is 1. The summed E-state index contributed by atoms with van der Waals surface area (Å²) in [7, 11) is 4.01. The van der Waals surface area contributed by atoms with E-state index >= 15 is 0 Å². The highest BCUT2D eigenvalue weighted by Gasteiger charge is 2.13. The van der Waals surface area contributed by atoms with Gasteiger partial charge in [0.05, 0.1) is 6.10 Å². The summed E-state index contributed by atoms with van der Waals surface area (Å²) in [6.45, 7) is 6.78. The second-order valence-corrected chi connectivity index (χ2v) is 6.02. The first-order chi connectivity index (χ1) is 10.3. The molecule has 22 heavy (non-hydrogen) atoms. The van der Waals surface area contributed by atoms with Crippen molar-refractivity contribution in [3.05, 3.63) is 29.3 Å². The first-order valence-corrected chi connectivity index (χ1v) is 7.81. The van der Waals surface area contributed by atoms with Crippen LogP contribution in [0.4, 0.5) is 10.5 Å². The predicted octanol–water partition coefficient (Wildman–Crippen LogP) is 2.27. The van der Waals surface area contributed by atoms with E-state index < -0.39 is 6.10 Å². The Bertz CT molecular complexity index is 489. The second kappa shape index (κ2) is 8.63. The van der Waals surface area contributed by atoms with E-state index in [0.29, 0.717) is 6.54 Å². The topological polar surface area (TPSA) is 64.6 Å². The zero-order valence-corrected chi connectivity index (χ0v) is 14.3. The smallest absolute Gasteiger partial charge is 0.315 e. The van der Waals surface area contributed by atoms with Gasteiger partial charge in [0.1, 0.15) is 0 Å². The molecule has 2 unspecified atom stereocenters. The van der Waals surface area contributed by atoms with Crippen molar-refractivity contribution in [2.75, 3.05) is 25.5 Å². The van der Waals surface area contributed by atoms with Crippen molar-refractivity contribution in [3.63, 3.8) is 0 Å². The Morgan fingerprint density at radius 2 is 2.00 bits per heavy atom. The fourth-order valence-electron chi connectivity index (χ4n) is 2.07. The number of nitrogens with one attached hydrogen (secondary N) is 2. The van der Waals surface area contributed by atoms with E-state index in [1.165, 1.54) is 0 Å². The zero-order valence-electron chi connectivity index (χ0n) is 14.3. The molecule has 0 aliphatic heterocycles. The molecule has 0 spiro atoms. The summed E-state index contributed by atoms with van der Waals surface area (Å²) in [5.74, 6) is 0.182. The van der Waals surface area contributed by atoms with E-state index in [-0.39, 0.29) is 18.5 Å². The van der Waals surface area contributed by atoms with Crippen molar-refractivity contribution in [1.82, 2.24) is 10.6 Å². The Balaban J connectivity index is 2.44. The first kappa shape index (κ1) is 18.3. The first-order valence-electron chi connectivity index (χ1n) is 7.81. The molecule has 0 heterocycles. The van der Waals surface area contributed by atoms with Crippen LogP contribution in [0.5, 0.6) is 0 Å². The molecule has 2 atom stereocenters. The van der Waals surface area contributed by atoms with Gasteiger partial charge in [-0.2, -0.15) is 0 Å². The van der Waals surface area contributed by atoms with Crippen LogP contribution in [0.3, 0.4) is 0 Å². The van der Waals surface area contributed by atoms with Crippen LogP contribution >= 0.6 is 0 Å². The summed E-state index contributed by atoms with van der Waals surface area (Å²) in [6.07, 6.45) is 0.388. The molecule has 2 amide bonds. The molecule has 0 aliphatic rings. The number of benzene rings is 1. The number of nitrogens with zero attached hydrogens (tertiary/aromatic N) is 1. The molecule has 1 rings (SSSR count). The van der Waals surface area contributed by atoms with Gasteiger partial charge >= 0.3 is 6.03 Å². The van der Waals surface area contributed by atoms with Crippen LogP contribution in [-0.4, -0.2) is 37.9 Å². The maximum atomic E-state index is 11.8. The number of carbonyl (C=O) groups is 1. The number of anilines is 1. The highest BCUT2D eigenvalue weighted by Crippen LogP contribution is 2.17. The maximum Gasteiger partial charge on any atom is 0.315 e. The Labute approximate surface area is 133 Å². The van der Waals surface area contributed by atoms with Gasteiger partial charge in [-0.15, -0.1) is 0 Å². The molecule has 0 saturated carbocycles. The van der Waals surface area contributed by atoms with Crippen molar-refractivity contribution >= 4 is 11.7 Å². The van der Waals surface area contributed by atoms with Crippen molar-refractivity contribution in [3.8, 4) is 0 Å². The van der Waals surface area contributed by atoms with Crippen LogP contribution in [0.1, 0.15) is 31.4 Å². The molecular formula is C17H29N3O2. The van der Waals surface area contributed by atoms with Gasteiger partial charge in [-0.05, 0) is 36.1 Å². The van der Waals surface area contributed by atoms with E-state index in [4.69, 9.17) is 0 Å². The molecule has 0 radical (unpaired) electrons. The lowest BCUT2D eigenvalue weighted by Crippen LogP contribution is -2.41. The molecule has 0 fully saturated rings. The average Bonchev–Trinajstić information content (AvgIpc) is 2.50. The van der Waals surface area contributed by atoms with Crippen molar-refractivity contribution in [2.24, 2.45) is 5.92 Å². The van der Waals surface area contributed by atoms with Gasteiger partial charge in [-0.3, -0.25) is 0 Å². The number of aliphatic hydroxyl groups is 1. The number of hydrogen-bond acceptors (Lipinski definition) is 3. The lowest BCUT2D eigenvalue weighted by Gasteiger charge is -2.18. The van der Waals surface area contributed by atoms with Gasteiger partial charge < -0.3 is 20.6 Å². The van der Waals surface area contributed by atoms with Crippen molar-refractivity contribution in [2.45, 2.75) is 39.8 Å². The van der Waals surface area contributed by atoms with Gasteiger partial charge in [-0.1, -0.05) is 26.3 Å². The minimum atomic E-state index is -0.503. The van der Waals surface area contributed by atoms with Gasteiger partial charge in [0.15, 0.2) is 0 Å². The SMILES string of the molecule is CCC(C)C(O)CNC(=O)NCc1ccc(N(C)C)cc1C. The summed E-state index contributed by atoms with van der Waals surface area (Å²) < 4.78 is 0. The van der Waals surface area contributed by atoms with Crippen LogP contribution in [0.15, 0.2) is 18.2 Å². The van der Waals surface area contributed by atoms with E-state index in [9.17, 15) is 9.90 Å². The molecule has 5 nitrogen and oxygen atoms in total. The lowest BCUT2D eigenvalue weighted by molar-refractivity contribution is 0.114. The fourth-order valence-corrected chi connectivity index (χ4v) is 2.07. The Kier molecular flexibility index (Phi) is 7.18. The molecule has 1 aromatic carbocycles. The number of amides is 2. The molecule has 0 aliphatic carbocycles. The quantitative estimate of drug-likeness (QED) is 0.724. The summed E-state index contributed by atoms with van der Waals surface area (Å²) in [5.41, 5.74) is 3.37. The highest BCUT2D eigenvalue weighted by molar-refractivity contribution is 5.73. The van der Waals surface area contributed by atoms with E-state index in [2.05, 4.69) is 16.7 Å². The van der Waals surface area contributed by atoms with E-state index in [1.54, 1.807) is 0 Å². The molecule has 1 aromatic rings. The molecular weight excluding hydrogens is 278 g/mol. The molecule has 0 saturated heterocycles. The van der Waals surface area contributed by atoms with Crippen molar-refractivity contribution in [1.29, 1.82) is 0 Å². The number of aryl methyl sites for hydroxylation is 1. The lowest BCUT2D eigenvalue weighted by atomic mass is 10.0. The largest absolute Gasteiger partial charge is 0.391 e. The van der Waals surface area contributed by atoms with Gasteiger partial charge in [0.2, 0.25) is 0 Å². The fraction of sp³-hybridized carbons (Fsp3) is 0.588. The van der Waals surface area contributed by atoms with Crippen LogP contribution in [0, 0.1) is 12.8 Å². The summed E-state index contributed by atoms with van der Waals surface area (Å²) in [5, 5.41) is 15.4. The standard InChI is InChI=1S/C17H29N3O2/c1-6-12(2)16(21)11-19-17(22)18-10-14-7-8-15(20(4)5)9-13(14)3/h7-9,12,16,21H,6,10-11H2,1-5H3,(H2,18,19,22). The molecule has 124 valence electrons. The number of urea groups is 1. The van der Waals surface area contributed by atoms with Crippen LogP contribution < -0.4 is 15.5 Å². The second-order valence-electron chi connectivity index (χ2n) is 6.02. The maximum absolute atomic E-state index is 11.8. The Morgan fingerprint density at radius 3 is 2.55 bits per heavy atom. The van der Waals surface area contributed by atoms with Gasteiger partial charge in [-0.25, -0.2) is 4.79 Å². The third kappa shape index (κ3) is 5.56. The Morgan fingerprint density at radius 1 is 1.32 bits per heavy atom. The summed E-state index contributed by atoms with van der Waals surface area (Å²) in [4.78, 5) is 13.8. The van der Waals surface area contributed by atoms with E-state index in [0.717, 1.165) is 23.2 Å². The summed E-state index contributed by atoms with van der Waals surface area (Å²) in [6, 6.07) is 5.91. The predicted molar refractivity (Wildman–Crippen MR) is 91.2 cm³/mol. The minimum Gasteiger partial charge on any atom is -0.391 e. The molecule has 3 N–H and O–H groups in total. The molecule has 0 bridgehead atoms. The number of carbonyl (C=O) groups excluding carboxylic acids is 1. The van der Waals surface area contributed by atoms with E-state index in [1.807, 2.05) is 51.9 Å². The summed E-state index contributed by atoms with van der Waals surface area (Å²) >= 11 is 0. The Hall–Kier alpha value is -1.75. The third-order valence-electron chi connectivity index (χ3n) is 4.05. The monoisotopic (exact) mass is 307 g/mol. The normalized spacial score (nSPS) is 13.4. The zero-order chi connectivity index (χ0) is 16.7. The van der Waals surface area contributed by atoms with Crippen LogP contribution in [0.2, 0.25) is 0 Å². The highest BCUT2D eigenvalue weighted by atomic mass is 16.3. The molecule has 5 heteroatoms. The third-order valence-corrected chi connectivity index (χ3v) is 4.05. The molecule has 0 aromatic heterocycles. The van der Waals surface area contributed by atoms with Crippen LogP contribution in [0.25, 0.3) is 0 Å². The minimum absolute atomic E-state index is 0.182. The van der Waals surface area contributed by atoms with Crippen molar-refractivity contribution < 1.29 is 9.90 Å². The van der Waals surface area contributed by atoms with Crippen LogP contribution in [-0.2, 0) is 6.54 Å². The number of rotatable bonds is 7.